The number of benzene rings is 1. The minimum absolute atomic E-state index is 0.00402. The topological polar surface area (TPSA) is 73.8 Å². The highest BCUT2D eigenvalue weighted by atomic mass is 35.5. The molecule has 1 fully saturated rings. The molecule has 8 heteroatoms. The molecular weight excluding hydrogens is 384 g/mol. The fourth-order valence-corrected chi connectivity index (χ4v) is 4.29. The molecule has 0 spiro atoms. The lowest BCUT2D eigenvalue weighted by atomic mass is 10.2. The van der Waals surface area contributed by atoms with Gasteiger partial charge in [0.1, 0.15) is 4.83 Å². The van der Waals surface area contributed by atoms with Gasteiger partial charge in [0.2, 0.25) is 5.82 Å². The van der Waals surface area contributed by atoms with E-state index in [-0.39, 0.29) is 5.56 Å². The first-order chi connectivity index (χ1) is 13.1. The second-order valence-electron chi connectivity index (χ2n) is 6.81. The van der Waals surface area contributed by atoms with E-state index in [1.807, 2.05) is 19.1 Å². The largest absolute Gasteiger partial charge is 0.333 e. The van der Waals surface area contributed by atoms with Crippen LogP contribution in [0.2, 0.25) is 5.02 Å². The van der Waals surface area contributed by atoms with Crippen LogP contribution in [-0.2, 0) is 6.54 Å². The number of rotatable bonds is 4. The van der Waals surface area contributed by atoms with E-state index in [9.17, 15) is 4.79 Å². The lowest BCUT2D eigenvalue weighted by molar-refractivity contribution is 0.433. The fraction of sp³-hybridized carbons (Fsp3) is 0.263. The van der Waals surface area contributed by atoms with Gasteiger partial charge in [-0.25, -0.2) is 4.98 Å². The summed E-state index contributed by atoms with van der Waals surface area (Å²) in [6.45, 7) is 2.65. The van der Waals surface area contributed by atoms with Crippen molar-refractivity contribution in [2.45, 2.75) is 26.3 Å². The van der Waals surface area contributed by atoms with Crippen molar-refractivity contribution in [2.75, 3.05) is 0 Å². The van der Waals surface area contributed by atoms with E-state index in [1.54, 1.807) is 23.0 Å². The molecule has 4 aromatic rings. The van der Waals surface area contributed by atoms with E-state index in [2.05, 4.69) is 15.1 Å². The summed E-state index contributed by atoms with van der Waals surface area (Å²) < 4.78 is 7.19. The highest BCUT2D eigenvalue weighted by molar-refractivity contribution is 7.22. The number of aryl methyl sites for hydroxylation is 1. The zero-order valence-electron chi connectivity index (χ0n) is 14.5. The van der Waals surface area contributed by atoms with Gasteiger partial charge in [-0.1, -0.05) is 16.8 Å². The summed E-state index contributed by atoms with van der Waals surface area (Å²) in [5.41, 5.74) is 1.66. The van der Waals surface area contributed by atoms with Crippen LogP contribution in [0.15, 0.2) is 39.9 Å². The Hall–Kier alpha value is -2.51. The Morgan fingerprint density at radius 2 is 2.07 bits per heavy atom. The van der Waals surface area contributed by atoms with E-state index < -0.39 is 0 Å². The van der Waals surface area contributed by atoms with Crippen molar-refractivity contribution < 1.29 is 4.52 Å². The smallest absolute Gasteiger partial charge is 0.268 e. The molecule has 6 nitrogen and oxygen atoms in total. The quantitative estimate of drug-likeness (QED) is 0.504. The lowest BCUT2D eigenvalue weighted by Gasteiger charge is -2.03. The standard InChI is InChI=1S/C19H15ClN4O2S/c1-10-14-18(21-9-24(19(14)25)8-11-2-3-11)27-15(10)17-22-16(23-26-17)12-4-6-13(20)7-5-12/h4-7,9,11H,2-3,8H2,1H3. The van der Waals surface area contributed by atoms with Crippen LogP contribution in [0.1, 0.15) is 18.4 Å². The number of hydrogen-bond donors (Lipinski definition) is 0. The molecule has 0 amide bonds. The summed E-state index contributed by atoms with van der Waals surface area (Å²) in [6.07, 6.45) is 4.03. The highest BCUT2D eigenvalue weighted by Gasteiger charge is 2.24. The third kappa shape index (κ3) is 2.96. The van der Waals surface area contributed by atoms with Gasteiger partial charge in [-0.05, 0) is 55.5 Å². The second kappa shape index (κ2) is 6.28. The Bertz CT molecular complexity index is 1200. The van der Waals surface area contributed by atoms with Gasteiger partial charge in [0.05, 0.1) is 16.6 Å². The van der Waals surface area contributed by atoms with E-state index in [4.69, 9.17) is 16.1 Å². The summed E-state index contributed by atoms with van der Waals surface area (Å²) in [4.78, 5) is 23.3. The van der Waals surface area contributed by atoms with Crippen molar-refractivity contribution in [3.05, 3.63) is 51.5 Å². The van der Waals surface area contributed by atoms with Crippen LogP contribution in [0.25, 0.3) is 32.4 Å². The van der Waals surface area contributed by atoms with Crippen LogP contribution in [0.4, 0.5) is 0 Å². The molecule has 0 unspecified atom stereocenters. The van der Waals surface area contributed by atoms with Crippen molar-refractivity contribution in [2.24, 2.45) is 5.92 Å². The third-order valence-electron chi connectivity index (χ3n) is 4.79. The number of fused-ring (bicyclic) bond motifs is 1. The number of thiophene rings is 1. The molecule has 3 heterocycles. The van der Waals surface area contributed by atoms with Crippen LogP contribution < -0.4 is 5.56 Å². The molecule has 5 rings (SSSR count). The molecule has 1 aromatic carbocycles. The minimum atomic E-state index is 0.00402. The maximum Gasteiger partial charge on any atom is 0.268 e. The third-order valence-corrected chi connectivity index (χ3v) is 6.23. The average Bonchev–Trinajstić information content (AvgIpc) is 3.23. The molecule has 0 aliphatic heterocycles. The molecule has 27 heavy (non-hydrogen) atoms. The zero-order valence-corrected chi connectivity index (χ0v) is 16.0. The van der Waals surface area contributed by atoms with Gasteiger partial charge in [-0.15, -0.1) is 11.3 Å². The Labute approximate surface area is 163 Å². The van der Waals surface area contributed by atoms with Gasteiger partial charge in [0.15, 0.2) is 0 Å². The van der Waals surface area contributed by atoms with Gasteiger partial charge >= 0.3 is 0 Å². The monoisotopic (exact) mass is 398 g/mol. The van der Waals surface area contributed by atoms with Crippen molar-refractivity contribution >= 4 is 33.2 Å². The van der Waals surface area contributed by atoms with Gasteiger partial charge < -0.3 is 4.52 Å². The van der Waals surface area contributed by atoms with Crippen molar-refractivity contribution in [3.8, 4) is 22.2 Å². The first-order valence-corrected chi connectivity index (χ1v) is 9.88. The van der Waals surface area contributed by atoms with Crippen molar-refractivity contribution in [1.29, 1.82) is 0 Å². The maximum absolute atomic E-state index is 12.9. The van der Waals surface area contributed by atoms with Gasteiger partial charge in [-0.2, -0.15) is 4.98 Å². The Morgan fingerprint density at radius 1 is 1.30 bits per heavy atom. The number of halogens is 1. The molecule has 0 radical (unpaired) electrons. The Kier molecular flexibility index (Phi) is 3.87. The van der Waals surface area contributed by atoms with Crippen molar-refractivity contribution in [3.63, 3.8) is 0 Å². The molecule has 136 valence electrons. The molecule has 0 atom stereocenters. The first-order valence-electron chi connectivity index (χ1n) is 8.68. The van der Waals surface area contributed by atoms with E-state index in [0.29, 0.717) is 32.9 Å². The maximum atomic E-state index is 12.9. The summed E-state index contributed by atoms with van der Waals surface area (Å²) in [5, 5.41) is 5.36. The molecule has 1 aliphatic carbocycles. The van der Waals surface area contributed by atoms with Crippen LogP contribution >= 0.6 is 22.9 Å². The molecule has 3 aromatic heterocycles. The van der Waals surface area contributed by atoms with Gasteiger partial charge in [-0.3, -0.25) is 9.36 Å². The zero-order chi connectivity index (χ0) is 18.5. The van der Waals surface area contributed by atoms with Crippen LogP contribution in [0.3, 0.4) is 0 Å². The predicted octanol–water partition coefficient (Wildman–Crippen LogP) is 4.55. The Balaban J connectivity index is 1.57. The van der Waals surface area contributed by atoms with Gasteiger partial charge in [0.25, 0.3) is 11.4 Å². The summed E-state index contributed by atoms with van der Waals surface area (Å²) in [7, 11) is 0. The minimum Gasteiger partial charge on any atom is -0.333 e. The van der Waals surface area contributed by atoms with E-state index in [0.717, 1.165) is 22.5 Å². The first kappa shape index (κ1) is 16.6. The molecular formula is C19H15ClN4O2S. The molecule has 1 aliphatic rings. The molecule has 0 bridgehead atoms. The van der Waals surface area contributed by atoms with E-state index in [1.165, 1.54) is 24.2 Å². The Morgan fingerprint density at radius 3 is 2.81 bits per heavy atom. The normalized spacial score (nSPS) is 14.1. The number of hydrogen-bond acceptors (Lipinski definition) is 6. The molecule has 0 saturated heterocycles. The van der Waals surface area contributed by atoms with Crippen LogP contribution in [0, 0.1) is 12.8 Å². The summed E-state index contributed by atoms with van der Waals surface area (Å²) >= 11 is 7.33. The number of nitrogens with zero attached hydrogens (tertiary/aromatic N) is 4. The average molecular weight is 399 g/mol. The van der Waals surface area contributed by atoms with Crippen LogP contribution in [-0.4, -0.2) is 19.7 Å². The SMILES string of the molecule is Cc1c(-c2nc(-c3ccc(Cl)cc3)no2)sc2ncn(CC3CC3)c(=O)c12. The highest BCUT2D eigenvalue weighted by Crippen LogP contribution is 2.36. The summed E-state index contributed by atoms with van der Waals surface area (Å²) in [5.74, 6) is 1.49. The van der Waals surface area contributed by atoms with Gasteiger partial charge in [0, 0.05) is 17.1 Å². The molecule has 1 saturated carbocycles. The second-order valence-corrected chi connectivity index (χ2v) is 8.25. The number of aromatic nitrogens is 4. The van der Waals surface area contributed by atoms with Crippen molar-refractivity contribution in [1.82, 2.24) is 19.7 Å². The summed E-state index contributed by atoms with van der Waals surface area (Å²) in [6, 6.07) is 7.24. The fourth-order valence-electron chi connectivity index (χ4n) is 3.10. The van der Waals surface area contributed by atoms with Crippen LogP contribution in [0.5, 0.6) is 0 Å². The predicted molar refractivity (Wildman–Crippen MR) is 105 cm³/mol. The molecule has 0 N–H and O–H groups in total. The lowest BCUT2D eigenvalue weighted by Crippen LogP contribution is -2.21. The van der Waals surface area contributed by atoms with E-state index >= 15 is 0 Å².